The van der Waals surface area contributed by atoms with Crippen molar-refractivity contribution in [2.24, 2.45) is 7.05 Å². The highest BCUT2D eigenvalue weighted by Gasteiger charge is 2.36. The van der Waals surface area contributed by atoms with E-state index in [1.165, 1.54) is 0 Å². The van der Waals surface area contributed by atoms with E-state index in [1.54, 1.807) is 0 Å². The second-order valence-electron chi connectivity index (χ2n) is 8.79. The number of likely N-dealkylation sites (N-methyl/N-ethyl adjacent to an activating group) is 1. The number of benzene rings is 2. The monoisotopic (exact) mass is 432 g/mol. The molecule has 0 bridgehead atoms. The van der Waals surface area contributed by atoms with E-state index in [2.05, 4.69) is 21.6 Å². The summed E-state index contributed by atoms with van der Waals surface area (Å²) in [7, 11) is 3.97. The van der Waals surface area contributed by atoms with E-state index in [0.717, 1.165) is 28.6 Å². The number of aromatic nitrogens is 1. The van der Waals surface area contributed by atoms with Crippen molar-refractivity contribution in [1.82, 2.24) is 20.1 Å². The summed E-state index contributed by atoms with van der Waals surface area (Å²) in [6, 6.07) is 15.2. The van der Waals surface area contributed by atoms with Gasteiger partial charge in [-0.1, -0.05) is 24.3 Å². The van der Waals surface area contributed by atoms with Crippen molar-refractivity contribution in [2.45, 2.75) is 24.6 Å². The Morgan fingerprint density at radius 1 is 1.06 bits per heavy atom. The first kappa shape index (κ1) is 20.7. The Morgan fingerprint density at radius 2 is 1.91 bits per heavy atom. The van der Waals surface area contributed by atoms with Crippen LogP contribution in [-0.4, -0.2) is 60.2 Å². The molecule has 2 amide bonds. The molecular formula is C25H28N4O3. The second-order valence-corrected chi connectivity index (χ2v) is 8.79. The molecule has 2 aromatic carbocycles. The minimum absolute atomic E-state index is 0.136. The van der Waals surface area contributed by atoms with Crippen molar-refractivity contribution in [1.29, 1.82) is 0 Å². The summed E-state index contributed by atoms with van der Waals surface area (Å²) in [6.07, 6.45) is 2.15. The number of rotatable bonds is 4. The summed E-state index contributed by atoms with van der Waals surface area (Å²) in [4.78, 5) is 28.2. The van der Waals surface area contributed by atoms with Crippen LogP contribution in [0, 0.1) is 0 Å². The number of hydrogen-bond donors (Lipinski definition) is 2. The maximum Gasteiger partial charge on any atom is 0.251 e. The number of nitrogens with zero attached hydrogens (tertiary/aromatic N) is 2. The lowest BCUT2D eigenvalue weighted by atomic mass is 10.1. The zero-order chi connectivity index (χ0) is 22.2. The van der Waals surface area contributed by atoms with Gasteiger partial charge in [0.25, 0.3) is 11.8 Å². The molecule has 0 saturated carbocycles. The zero-order valence-electron chi connectivity index (χ0n) is 18.4. The fraction of sp³-hybridized carbons (Fsp3) is 0.360. The number of amides is 2. The first-order valence-electron chi connectivity index (χ1n) is 11.0. The molecule has 2 aliphatic rings. The van der Waals surface area contributed by atoms with Gasteiger partial charge in [0, 0.05) is 42.8 Å². The Balaban J connectivity index is 1.35. The number of carbonyl (C=O) groups is 2. The Labute approximate surface area is 187 Å². The average molecular weight is 433 g/mol. The third-order valence-corrected chi connectivity index (χ3v) is 6.56. The van der Waals surface area contributed by atoms with Gasteiger partial charge in [-0.25, -0.2) is 0 Å². The van der Waals surface area contributed by atoms with E-state index in [0.29, 0.717) is 25.1 Å². The maximum atomic E-state index is 13.1. The number of nitrogens with one attached hydrogen (secondary N) is 2. The van der Waals surface area contributed by atoms with Crippen LogP contribution in [0.15, 0.2) is 54.7 Å². The molecule has 5 rings (SSSR count). The zero-order valence-corrected chi connectivity index (χ0v) is 18.4. The molecule has 1 fully saturated rings. The van der Waals surface area contributed by atoms with Crippen molar-refractivity contribution in [3.05, 3.63) is 71.4 Å². The van der Waals surface area contributed by atoms with Gasteiger partial charge in [-0.05, 0) is 48.9 Å². The Bertz CT molecular complexity index is 1170. The fourth-order valence-corrected chi connectivity index (χ4v) is 4.76. The average Bonchev–Trinajstić information content (AvgIpc) is 3.33. The molecule has 1 aliphatic heterocycles. The molecule has 0 radical (unpaired) electrons. The first-order valence-corrected chi connectivity index (χ1v) is 11.0. The summed E-state index contributed by atoms with van der Waals surface area (Å²) in [6.45, 7) is 1.92. The highest BCUT2D eigenvalue weighted by atomic mass is 16.5. The van der Waals surface area contributed by atoms with Crippen molar-refractivity contribution in [3.63, 3.8) is 0 Å². The van der Waals surface area contributed by atoms with Crippen LogP contribution in [0.2, 0.25) is 0 Å². The maximum absolute atomic E-state index is 13.1. The molecule has 7 heteroatoms. The first-order chi connectivity index (χ1) is 15.5. The van der Waals surface area contributed by atoms with Crippen LogP contribution in [0.3, 0.4) is 0 Å². The van der Waals surface area contributed by atoms with Gasteiger partial charge < -0.3 is 24.8 Å². The van der Waals surface area contributed by atoms with Gasteiger partial charge >= 0.3 is 0 Å². The highest BCUT2D eigenvalue weighted by Crippen LogP contribution is 2.32. The predicted molar refractivity (Wildman–Crippen MR) is 122 cm³/mol. The largest absolute Gasteiger partial charge is 0.366 e. The quantitative estimate of drug-likeness (QED) is 0.662. The Morgan fingerprint density at radius 3 is 2.75 bits per heavy atom. The lowest BCUT2D eigenvalue weighted by molar-refractivity contribution is -0.138. The van der Waals surface area contributed by atoms with Crippen LogP contribution < -0.4 is 10.6 Å². The third kappa shape index (κ3) is 3.89. The normalized spacial score (nSPS) is 23.1. The van der Waals surface area contributed by atoms with Gasteiger partial charge in [-0.2, -0.15) is 0 Å². The molecular weight excluding hydrogens is 404 g/mol. The SMILES string of the molecule is CN1CCO[C@H](C(=O)N[C@H]2c3ccccc3C[C@@H]2NC(=O)c2ccc3c(ccn3C)c2)C1. The van der Waals surface area contributed by atoms with Gasteiger partial charge in [-0.3, -0.25) is 9.59 Å². The number of aryl methyl sites for hydroxylation is 1. The van der Waals surface area contributed by atoms with E-state index in [1.807, 2.05) is 67.3 Å². The second kappa shape index (κ2) is 8.41. The summed E-state index contributed by atoms with van der Waals surface area (Å²) in [5.74, 6) is -0.273. The minimum atomic E-state index is -0.502. The molecule has 3 aromatic rings. The molecule has 7 nitrogen and oxygen atoms in total. The van der Waals surface area contributed by atoms with Crippen LogP contribution in [-0.2, 0) is 23.0 Å². The lowest BCUT2D eigenvalue weighted by Crippen LogP contribution is -2.51. The summed E-state index contributed by atoms with van der Waals surface area (Å²) < 4.78 is 7.72. The summed E-state index contributed by atoms with van der Waals surface area (Å²) in [5.41, 5.74) is 3.89. The van der Waals surface area contributed by atoms with Crippen molar-refractivity contribution >= 4 is 22.7 Å². The van der Waals surface area contributed by atoms with Crippen LogP contribution in [0.1, 0.15) is 27.5 Å². The van der Waals surface area contributed by atoms with Gasteiger partial charge in [0.2, 0.25) is 0 Å². The molecule has 2 N–H and O–H groups in total. The number of carbonyl (C=O) groups excluding carboxylic acids is 2. The van der Waals surface area contributed by atoms with Crippen LogP contribution in [0.4, 0.5) is 0 Å². The molecule has 1 aliphatic carbocycles. The van der Waals surface area contributed by atoms with E-state index < -0.39 is 6.10 Å². The summed E-state index contributed by atoms with van der Waals surface area (Å²) in [5, 5.41) is 7.35. The van der Waals surface area contributed by atoms with E-state index in [9.17, 15) is 9.59 Å². The third-order valence-electron chi connectivity index (χ3n) is 6.56. The molecule has 0 unspecified atom stereocenters. The van der Waals surface area contributed by atoms with Crippen LogP contribution in [0.25, 0.3) is 10.9 Å². The predicted octanol–water partition coefficient (Wildman–Crippen LogP) is 2.02. The molecule has 2 heterocycles. The topological polar surface area (TPSA) is 75.6 Å². The standard InChI is InChI=1S/C25H28N4O3/c1-28-11-12-32-22(15-28)25(31)27-23-19-6-4-3-5-16(19)14-20(23)26-24(30)18-7-8-21-17(13-18)9-10-29(21)2/h3-10,13,20,22-23H,11-12,14-15H2,1-2H3,(H,26,30)(H,27,31)/t20-,22-,23-/m0/s1. The van der Waals surface area contributed by atoms with Crippen LogP contribution >= 0.6 is 0 Å². The van der Waals surface area contributed by atoms with Crippen LogP contribution in [0.5, 0.6) is 0 Å². The fourth-order valence-electron chi connectivity index (χ4n) is 4.76. The number of ether oxygens (including phenoxy) is 1. The van der Waals surface area contributed by atoms with Crippen molar-refractivity contribution < 1.29 is 14.3 Å². The van der Waals surface area contributed by atoms with Gasteiger partial charge in [0.05, 0.1) is 18.7 Å². The Hall–Kier alpha value is -3.16. The Kier molecular flexibility index (Phi) is 5.45. The van der Waals surface area contributed by atoms with E-state index in [-0.39, 0.29) is 23.9 Å². The molecule has 166 valence electrons. The van der Waals surface area contributed by atoms with Gasteiger partial charge in [-0.15, -0.1) is 0 Å². The molecule has 1 aromatic heterocycles. The molecule has 0 spiro atoms. The van der Waals surface area contributed by atoms with Gasteiger partial charge in [0.1, 0.15) is 6.10 Å². The van der Waals surface area contributed by atoms with Crippen molar-refractivity contribution in [3.8, 4) is 0 Å². The van der Waals surface area contributed by atoms with E-state index >= 15 is 0 Å². The minimum Gasteiger partial charge on any atom is -0.366 e. The lowest BCUT2D eigenvalue weighted by Gasteiger charge is -2.31. The summed E-state index contributed by atoms with van der Waals surface area (Å²) >= 11 is 0. The highest BCUT2D eigenvalue weighted by molar-refractivity contribution is 5.98. The number of morpholine rings is 1. The molecule has 32 heavy (non-hydrogen) atoms. The number of fused-ring (bicyclic) bond motifs is 2. The molecule has 3 atom stereocenters. The smallest absolute Gasteiger partial charge is 0.251 e. The van der Waals surface area contributed by atoms with Gasteiger partial charge in [0.15, 0.2) is 0 Å². The van der Waals surface area contributed by atoms with Crippen molar-refractivity contribution in [2.75, 3.05) is 26.7 Å². The molecule has 1 saturated heterocycles. The van der Waals surface area contributed by atoms with E-state index in [4.69, 9.17) is 4.74 Å². The number of hydrogen-bond acceptors (Lipinski definition) is 4.